The highest BCUT2D eigenvalue weighted by Crippen LogP contribution is 2.33. The van der Waals surface area contributed by atoms with Crippen molar-refractivity contribution in [2.75, 3.05) is 0 Å². The zero-order valence-electron chi connectivity index (χ0n) is 11.9. The van der Waals surface area contributed by atoms with Crippen LogP contribution in [-0.4, -0.2) is 17.2 Å². The Bertz CT molecular complexity index is 786. The maximum atomic E-state index is 10.9. The molecule has 2 aromatic carbocycles. The number of hydrogen-bond donors (Lipinski definition) is 1. The van der Waals surface area contributed by atoms with E-state index in [1.165, 1.54) is 25.1 Å². The molecule has 0 radical (unpaired) electrons. The molecule has 0 fully saturated rings. The van der Waals surface area contributed by atoms with Crippen molar-refractivity contribution in [2.24, 2.45) is 0 Å². The lowest BCUT2D eigenvalue weighted by atomic mass is 10.2. The summed E-state index contributed by atoms with van der Waals surface area (Å²) in [6, 6.07) is 11.2. The van der Waals surface area contributed by atoms with Crippen LogP contribution in [0.2, 0.25) is 10.0 Å². The molecule has 2 rings (SSSR count). The number of carboxylic acids is 1. The molecule has 0 aromatic heterocycles. The number of nitrogens with zero attached hydrogens (tertiary/aromatic N) is 1. The normalized spacial score (nSPS) is 11.4. The quantitative estimate of drug-likeness (QED) is 0.856. The highest BCUT2D eigenvalue weighted by Gasteiger charge is 2.15. The second-order valence-corrected chi connectivity index (χ2v) is 5.39. The lowest BCUT2D eigenvalue weighted by Gasteiger charge is -2.14. The van der Waals surface area contributed by atoms with Gasteiger partial charge in [0.1, 0.15) is 23.3 Å². The Morgan fingerprint density at radius 3 is 2.61 bits per heavy atom. The van der Waals surface area contributed by atoms with Gasteiger partial charge >= 0.3 is 5.97 Å². The third kappa shape index (κ3) is 4.28. The average Bonchev–Trinajstić information content (AvgIpc) is 2.52. The summed E-state index contributed by atoms with van der Waals surface area (Å²) >= 11 is 11.8. The SMILES string of the molecule is CC(Oc1cc(Oc2ccc(Cl)cc2C#N)ccc1Cl)C(=O)O. The van der Waals surface area contributed by atoms with Gasteiger partial charge in [-0.15, -0.1) is 0 Å². The molecule has 0 bridgehead atoms. The van der Waals surface area contributed by atoms with E-state index in [2.05, 4.69) is 0 Å². The van der Waals surface area contributed by atoms with Gasteiger partial charge in [-0.1, -0.05) is 23.2 Å². The minimum Gasteiger partial charge on any atom is -0.479 e. The van der Waals surface area contributed by atoms with Gasteiger partial charge in [-0.3, -0.25) is 0 Å². The molecule has 118 valence electrons. The summed E-state index contributed by atoms with van der Waals surface area (Å²) in [6.07, 6.45) is -1.06. The van der Waals surface area contributed by atoms with Crippen molar-refractivity contribution in [2.45, 2.75) is 13.0 Å². The fourth-order valence-corrected chi connectivity index (χ4v) is 2.02. The summed E-state index contributed by atoms with van der Waals surface area (Å²) in [5.41, 5.74) is 0.272. The number of benzene rings is 2. The first kappa shape index (κ1) is 16.9. The van der Waals surface area contributed by atoms with Crippen LogP contribution in [0.15, 0.2) is 36.4 Å². The fourth-order valence-electron chi connectivity index (χ4n) is 1.68. The van der Waals surface area contributed by atoms with Gasteiger partial charge in [0.2, 0.25) is 0 Å². The van der Waals surface area contributed by atoms with Gasteiger partial charge < -0.3 is 14.6 Å². The van der Waals surface area contributed by atoms with Gasteiger partial charge in [-0.25, -0.2) is 4.79 Å². The number of halogens is 2. The number of aliphatic carboxylic acids is 1. The maximum absolute atomic E-state index is 10.9. The number of carboxylic acid groups (broad SMARTS) is 1. The van der Waals surface area contributed by atoms with Crippen LogP contribution in [0.3, 0.4) is 0 Å². The van der Waals surface area contributed by atoms with E-state index in [0.29, 0.717) is 16.5 Å². The summed E-state index contributed by atoms with van der Waals surface area (Å²) in [4.78, 5) is 10.9. The zero-order chi connectivity index (χ0) is 17.0. The summed E-state index contributed by atoms with van der Waals surface area (Å²) in [7, 11) is 0. The van der Waals surface area contributed by atoms with Crippen LogP contribution >= 0.6 is 23.2 Å². The standard InChI is InChI=1S/C16H11Cl2NO4/c1-9(16(20)21)22-15-7-12(3-4-13(15)18)23-14-5-2-11(17)6-10(14)8-19/h2-7,9H,1H3,(H,20,21). The summed E-state index contributed by atoms with van der Waals surface area (Å²) in [5, 5.41) is 18.7. The van der Waals surface area contributed by atoms with Gasteiger partial charge in [-0.05, 0) is 37.3 Å². The number of ether oxygens (including phenoxy) is 2. The maximum Gasteiger partial charge on any atom is 0.344 e. The van der Waals surface area contributed by atoms with Gasteiger partial charge in [0.25, 0.3) is 0 Å². The topological polar surface area (TPSA) is 79.5 Å². The fraction of sp³-hybridized carbons (Fsp3) is 0.125. The Hall–Kier alpha value is -2.42. The van der Waals surface area contributed by atoms with Gasteiger partial charge in [0.05, 0.1) is 10.6 Å². The largest absolute Gasteiger partial charge is 0.479 e. The zero-order valence-corrected chi connectivity index (χ0v) is 13.4. The van der Waals surface area contributed by atoms with Crippen LogP contribution in [0.5, 0.6) is 17.2 Å². The molecule has 0 aliphatic carbocycles. The van der Waals surface area contributed by atoms with Crippen LogP contribution in [0.4, 0.5) is 0 Å². The first-order chi connectivity index (χ1) is 10.9. The minimum atomic E-state index is -1.11. The summed E-state index contributed by atoms with van der Waals surface area (Å²) in [6.45, 7) is 1.39. The highest BCUT2D eigenvalue weighted by molar-refractivity contribution is 6.32. The molecule has 0 heterocycles. The molecule has 1 N–H and O–H groups in total. The smallest absolute Gasteiger partial charge is 0.344 e. The third-order valence-electron chi connectivity index (χ3n) is 2.84. The molecule has 0 aliphatic rings. The van der Waals surface area contributed by atoms with Crippen LogP contribution in [0, 0.1) is 11.3 Å². The number of rotatable bonds is 5. The van der Waals surface area contributed by atoms with Crippen molar-refractivity contribution in [1.82, 2.24) is 0 Å². The molecule has 5 nitrogen and oxygen atoms in total. The van der Waals surface area contributed by atoms with Crippen LogP contribution in [-0.2, 0) is 4.79 Å². The molecule has 0 aliphatic heterocycles. The van der Waals surface area contributed by atoms with E-state index >= 15 is 0 Å². The molecule has 0 saturated heterocycles. The van der Waals surface area contributed by atoms with Crippen molar-refractivity contribution >= 4 is 29.2 Å². The monoisotopic (exact) mass is 351 g/mol. The van der Waals surface area contributed by atoms with Gasteiger partial charge in [0.15, 0.2) is 6.10 Å². The Labute approximate surface area is 142 Å². The predicted octanol–water partition coefficient (Wildman–Crippen LogP) is 4.51. The first-order valence-corrected chi connectivity index (χ1v) is 7.23. The summed E-state index contributed by atoms with van der Waals surface area (Å²) < 4.78 is 10.9. The molecule has 7 heteroatoms. The van der Waals surface area contributed by atoms with Gasteiger partial charge in [0, 0.05) is 11.1 Å². The molecule has 1 unspecified atom stereocenters. The second-order valence-electron chi connectivity index (χ2n) is 4.54. The Kier molecular flexibility index (Phi) is 5.32. The van der Waals surface area contributed by atoms with E-state index in [0.717, 1.165) is 0 Å². The second kappa shape index (κ2) is 7.23. The molecular formula is C16H11Cl2NO4. The molecule has 23 heavy (non-hydrogen) atoms. The number of nitriles is 1. The van der Waals surface area contributed by atoms with E-state index in [-0.39, 0.29) is 16.3 Å². The van der Waals surface area contributed by atoms with E-state index in [9.17, 15) is 4.79 Å². The first-order valence-electron chi connectivity index (χ1n) is 6.47. The Morgan fingerprint density at radius 2 is 1.96 bits per heavy atom. The van der Waals surface area contributed by atoms with E-state index in [1.807, 2.05) is 6.07 Å². The van der Waals surface area contributed by atoms with Crippen LogP contribution in [0.25, 0.3) is 0 Å². The molecule has 2 aromatic rings. The molecule has 1 atom stereocenters. The van der Waals surface area contributed by atoms with E-state index in [4.69, 9.17) is 43.0 Å². The summed E-state index contributed by atoms with van der Waals surface area (Å²) in [5.74, 6) is -0.277. The predicted molar refractivity (Wildman–Crippen MR) is 85.4 cm³/mol. The van der Waals surface area contributed by atoms with Crippen molar-refractivity contribution in [1.29, 1.82) is 5.26 Å². The lowest BCUT2D eigenvalue weighted by Crippen LogP contribution is -2.22. The van der Waals surface area contributed by atoms with Crippen molar-refractivity contribution in [3.8, 4) is 23.3 Å². The van der Waals surface area contributed by atoms with E-state index < -0.39 is 12.1 Å². The highest BCUT2D eigenvalue weighted by atomic mass is 35.5. The van der Waals surface area contributed by atoms with Gasteiger partial charge in [-0.2, -0.15) is 5.26 Å². The van der Waals surface area contributed by atoms with Crippen LogP contribution < -0.4 is 9.47 Å². The van der Waals surface area contributed by atoms with Crippen molar-refractivity contribution < 1.29 is 19.4 Å². The molecule has 0 amide bonds. The molecule has 0 saturated carbocycles. The lowest BCUT2D eigenvalue weighted by molar-refractivity contribution is -0.144. The van der Waals surface area contributed by atoms with Crippen molar-refractivity contribution in [3.63, 3.8) is 0 Å². The third-order valence-corrected chi connectivity index (χ3v) is 3.39. The van der Waals surface area contributed by atoms with Crippen molar-refractivity contribution in [3.05, 3.63) is 52.0 Å². The molecule has 0 spiro atoms. The number of carbonyl (C=O) groups is 1. The Balaban J connectivity index is 2.28. The Morgan fingerprint density at radius 1 is 1.22 bits per heavy atom. The average molecular weight is 352 g/mol. The van der Waals surface area contributed by atoms with E-state index in [1.54, 1.807) is 18.2 Å². The van der Waals surface area contributed by atoms with Crippen LogP contribution in [0.1, 0.15) is 12.5 Å². The number of hydrogen-bond acceptors (Lipinski definition) is 4. The molecular weight excluding hydrogens is 341 g/mol. The minimum absolute atomic E-state index is 0.173.